The van der Waals surface area contributed by atoms with E-state index in [0.29, 0.717) is 0 Å². The minimum Gasteiger partial charge on any atom is -0.258 e. The summed E-state index contributed by atoms with van der Waals surface area (Å²) in [6.45, 7) is 4.42. The van der Waals surface area contributed by atoms with Gasteiger partial charge in [0.25, 0.3) is 5.69 Å². The molecule has 0 spiro atoms. The lowest BCUT2D eigenvalue weighted by atomic mass is 9.97. The maximum absolute atomic E-state index is 11.5. The average Bonchev–Trinajstić information content (AvgIpc) is 3.36. The van der Waals surface area contributed by atoms with Crippen LogP contribution in [0.15, 0.2) is 29.0 Å². The minimum absolute atomic E-state index is 0.244. The zero-order chi connectivity index (χ0) is 18.5. The molecule has 0 fully saturated rings. The fourth-order valence-corrected chi connectivity index (χ4v) is 6.46. The van der Waals surface area contributed by atoms with Crippen molar-refractivity contribution in [3.8, 4) is 19.5 Å². The van der Waals surface area contributed by atoms with Gasteiger partial charge in [0.05, 0.1) is 9.80 Å². The molecule has 0 aliphatic rings. The molecule has 0 saturated heterocycles. The van der Waals surface area contributed by atoms with E-state index in [9.17, 15) is 10.1 Å². The van der Waals surface area contributed by atoms with Crippen LogP contribution in [0.2, 0.25) is 0 Å². The summed E-state index contributed by atoms with van der Waals surface area (Å²) in [6, 6.07) is 5.89. The first kappa shape index (κ1) is 19.3. The molecular weight excluding hydrogens is 382 g/mol. The van der Waals surface area contributed by atoms with Crippen LogP contribution in [0.4, 0.5) is 5.69 Å². The Morgan fingerprint density at radius 2 is 1.62 bits per heavy atom. The Balaban J connectivity index is 2.18. The van der Waals surface area contributed by atoms with Crippen molar-refractivity contribution in [1.29, 1.82) is 0 Å². The van der Waals surface area contributed by atoms with Gasteiger partial charge >= 0.3 is 0 Å². The van der Waals surface area contributed by atoms with Crippen LogP contribution in [0.3, 0.4) is 0 Å². The maximum Gasteiger partial charge on any atom is 0.288 e. The van der Waals surface area contributed by atoms with Crippen LogP contribution in [0, 0.1) is 10.1 Å². The Kier molecular flexibility index (Phi) is 6.62. The molecular formula is C20H23NO2S3. The second kappa shape index (κ2) is 8.93. The number of nitro groups is 1. The molecule has 0 bridgehead atoms. The van der Waals surface area contributed by atoms with Crippen molar-refractivity contribution >= 4 is 39.7 Å². The second-order valence-corrected chi connectivity index (χ2v) is 9.18. The molecule has 0 saturated carbocycles. The number of unbranched alkanes of at least 4 members (excludes halogenated alkanes) is 2. The molecule has 0 atom stereocenters. The maximum atomic E-state index is 11.5. The quantitative estimate of drug-likeness (QED) is 0.269. The Morgan fingerprint density at radius 1 is 0.923 bits per heavy atom. The van der Waals surface area contributed by atoms with Crippen LogP contribution >= 0.6 is 34.0 Å². The monoisotopic (exact) mass is 405 g/mol. The van der Waals surface area contributed by atoms with Crippen molar-refractivity contribution in [3.05, 3.63) is 50.2 Å². The van der Waals surface area contributed by atoms with E-state index in [-0.39, 0.29) is 10.6 Å². The summed E-state index contributed by atoms with van der Waals surface area (Å²) < 4.78 is 0. The molecule has 0 aliphatic carbocycles. The summed E-state index contributed by atoms with van der Waals surface area (Å²) >= 11 is 5.00. The molecule has 3 aromatic rings. The molecule has 138 valence electrons. The summed E-state index contributed by atoms with van der Waals surface area (Å²) in [7, 11) is 0. The molecule has 0 aliphatic heterocycles. The van der Waals surface area contributed by atoms with Gasteiger partial charge in [0, 0.05) is 15.8 Å². The third kappa shape index (κ3) is 3.92. The van der Waals surface area contributed by atoms with E-state index in [4.69, 9.17) is 0 Å². The van der Waals surface area contributed by atoms with Gasteiger partial charge in [0.2, 0.25) is 0 Å². The van der Waals surface area contributed by atoms with Crippen molar-refractivity contribution in [2.45, 2.75) is 52.4 Å². The average molecular weight is 406 g/mol. The molecule has 0 unspecified atom stereocenters. The van der Waals surface area contributed by atoms with Crippen molar-refractivity contribution in [1.82, 2.24) is 0 Å². The zero-order valence-electron chi connectivity index (χ0n) is 15.1. The highest BCUT2D eigenvalue weighted by Gasteiger charge is 2.26. The van der Waals surface area contributed by atoms with Crippen molar-refractivity contribution < 1.29 is 4.92 Å². The standard InChI is InChI=1S/C20H23NO2S3/c1-3-5-8-14-15(9-6-4-2)19(20-16(21(22)23)11-13-25-20)26-18(14)17-10-7-12-24-17/h7,10-13H,3-6,8-9H2,1-2H3. The highest BCUT2D eigenvalue weighted by Crippen LogP contribution is 2.48. The van der Waals surface area contributed by atoms with E-state index in [1.807, 2.05) is 5.38 Å². The topological polar surface area (TPSA) is 43.1 Å². The highest BCUT2D eigenvalue weighted by atomic mass is 32.1. The molecule has 0 amide bonds. The first-order valence-electron chi connectivity index (χ1n) is 9.08. The molecule has 3 rings (SSSR count). The Bertz CT molecular complexity index is 862. The van der Waals surface area contributed by atoms with E-state index < -0.39 is 0 Å². The largest absolute Gasteiger partial charge is 0.288 e. The van der Waals surface area contributed by atoms with Crippen molar-refractivity contribution in [2.24, 2.45) is 0 Å². The first-order chi connectivity index (χ1) is 12.7. The van der Waals surface area contributed by atoms with Gasteiger partial charge in [0.15, 0.2) is 0 Å². The summed E-state index contributed by atoms with van der Waals surface area (Å²) in [6.07, 6.45) is 6.61. The lowest BCUT2D eigenvalue weighted by Gasteiger charge is -2.08. The van der Waals surface area contributed by atoms with Gasteiger partial charge in [-0.3, -0.25) is 10.1 Å². The summed E-state index contributed by atoms with van der Waals surface area (Å²) in [4.78, 5) is 15.8. The Hall–Kier alpha value is -1.50. The lowest BCUT2D eigenvalue weighted by molar-refractivity contribution is -0.383. The number of nitrogens with zero attached hydrogens (tertiary/aromatic N) is 1. The number of thiophene rings is 3. The minimum atomic E-state index is -0.244. The van der Waals surface area contributed by atoms with Gasteiger partial charge in [-0.2, -0.15) is 0 Å². The predicted molar refractivity (Wildman–Crippen MR) is 115 cm³/mol. The highest BCUT2D eigenvalue weighted by molar-refractivity contribution is 7.26. The number of hydrogen-bond acceptors (Lipinski definition) is 5. The fraction of sp³-hybridized carbons (Fsp3) is 0.400. The molecule has 6 heteroatoms. The van der Waals surface area contributed by atoms with Crippen molar-refractivity contribution in [2.75, 3.05) is 0 Å². The van der Waals surface area contributed by atoms with Crippen LogP contribution in [0.1, 0.15) is 50.7 Å². The van der Waals surface area contributed by atoms with Gasteiger partial charge in [-0.15, -0.1) is 34.0 Å². The molecule has 3 nitrogen and oxygen atoms in total. The normalized spacial score (nSPS) is 11.2. The third-order valence-corrected chi connectivity index (χ3v) is 7.86. The van der Waals surface area contributed by atoms with Gasteiger partial charge < -0.3 is 0 Å². The Morgan fingerprint density at radius 3 is 2.19 bits per heavy atom. The van der Waals surface area contributed by atoms with Crippen LogP contribution in [0.5, 0.6) is 0 Å². The van der Waals surface area contributed by atoms with Crippen LogP contribution in [-0.4, -0.2) is 4.92 Å². The van der Waals surface area contributed by atoms with Gasteiger partial charge in [-0.05, 0) is 53.6 Å². The molecule has 3 heterocycles. The molecule has 0 radical (unpaired) electrons. The lowest BCUT2D eigenvalue weighted by Crippen LogP contribution is -1.95. The van der Waals surface area contributed by atoms with E-state index in [1.165, 1.54) is 32.2 Å². The third-order valence-electron chi connectivity index (χ3n) is 4.47. The van der Waals surface area contributed by atoms with Crippen molar-refractivity contribution in [3.63, 3.8) is 0 Å². The van der Waals surface area contributed by atoms with E-state index >= 15 is 0 Å². The van der Waals surface area contributed by atoms with Gasteiger partial charge in [-0.25, -0.2) is 0 Å². The smallest absolute Gasteiger partial charge is 0.258 e. The SMILES string of the molecule is CCCCc1c(-c2cccs2)sc(-c2sccc2[N+](=O)[O-])c1CCCC. The van der Waals surface area contributed by atoms with Gasteiger partial charge in [-0.1, -0.05) is 32.8 Å². The van der Waals surface area contributed by atoms with E-state index in [2.05, 4.69) is 31.4 Å². The molecule has 0 N–H and O–H groups in total. The first-order valence-corrected chi connectivity index (χ1v) is 11.7. The second-order valence-electron chi connectivity index (χ2n) is 6.29. The molecule has 26 heavy (non-hydrogen) atoms. The van der Waals surface area contributed by atoms with E-state index in [0.717, 1.165) is 48.3 Å². The van der Waals surface area contributed by atoms with Crippen LogP contribution < -0.4 is 0 Å². The fourth-order valence-electron chi connectivity index (χ4n) is 3.14. The summed E-state index contributed by atoms with van der Waals surface area (Å²) in [5, 5.41) is 15.4. The molecule has 0 aromatic carbocycles. The number of hydrogen-bond donors (Lipinski definition) is 0. The van der Waals surface area contributed by atoms with Crippen LogP contribution in [0.25, 0.3) is 19.5 Å². The van der Waals surface area contributed by atoms with Crippen LogP contribution in [-0.2, 0) is 12.8 Å². The predicted octanol–water partition coefficient (Wildman–Crippen LogP) is 7.80. The molecule has 3 aromatic heterocycles. The Labute approximate surface area is 166 Å². The number of rotatable bonds is 9. The zero-order valence-corrected chi connectivity index (χ0v) is 17.6. The van der Waals surface area contributed by atoms with E-state index in [1.54, 1.807) is 28.7 Å². The van der Waals surface area contributed by atoms with Gasteiger partial charge in [0.1, 0.15) is 4.88 Å². The summed E-state index contributed by atoms with van der Waals surface area (Å²) in [5.41, 5.74) is 3.01. The summed E-state index contributed by atoms with van der Waals surface area (Å²) in [5.74, 6) is 0.